The monoisotopic (exact) mass is 268 g/mol. The zero-order chi connectivity index (χ0) is 14.2. The minimum absolute atomic E-state index is 0.0229. The van der Waals surface area contributed by atoms with Crippen molar-refractivity contribution in [2.75, 3.05) is 0 Å². The Morgan fingerprint density at radius 2 is 1.47 bits per heavy atom. The molecule has 0 spiro atoms. The van der Waals surface area contributed by atoms with Crippen molar-refractivity contribution in [3.63, 3.8) is 0 Å². The van der Waals surface area contributed by atoms with Crippen molar-refractivity contribution in [1.29, 1.82) is 0 Å². The van der Waals surface area contributed by atoms with E-state index in [9.17, 15) is 18.3 Å². The van der Waals surface area contributed by atoms with Crippen molar-refractivity contribution >= 4 is 0 Å². The first kappa shape index (κ1) is 13.4. The van der Waals surface area contributed by atoms with Gasteiger partial charge in [-0.3, -0.25) is 0 Å². The van der Waals surface area contributed by atoms with Crippen molar-refractivity contribution in [2.24, 2.45) is 0 Å². The number of phenols is 1. The van der Waals surface area contributed by atoms with E-state index in [1.165, 1.54) is 31.2 Å². The molecule has 2 rings (SSSR count). The van der Waals surface area contributed by atoms with Crippen LogP contribution >= 0.6 is 0 Å². The molecular weight excluding hydrogens is 257 g/mol. The molecule has 2 aromatic rings. The second-order valence-corrected chi connectivity index (χ2v) is 4.34. The molecule has 0 saturated carbocycles. The van der Waals surface area contributed by atoms with Crippen LogP contribution in [-0.4, -0.2) is 10.2 Å². The van der Waals surface area contributed by atoms with Crippen LogP contribution in [0.3, 0.4) is 0 Å². The van der Waals surface area contributed by atoms with Crippen LogP contribution in [0.25, 0.3) is 0 Å². The van der Waals surface area contributed by atoms with Crippen LogP contribution in [0.1, 0.15) is 18.1 Å². The smallest absolute Gasteiger partial charge is 0.194 e. The Morgan fingerprint density at radius 3 is 2.05 bits per heavy atom. The summed E-state index contributed by atoms with van der Waals surface area (Å²) in [7, 11) is 0. The first-order valence-electron chi connectivity index (χ1n) is 5.50. The third-order valence-corrected chi connectivity index (χ3v) is 2.99. The quantitative estimate of drug-likeness (QED) is 0.822. The van der Waals surface area contributed by atoms with E-state index in [0.29, 0.717) is 0 Å². The molecule has 0 bridgehead atoms. The maximum atomic E-state index is 13.7. The highest BCUT2D eigenvalue weighted by molar-refractivity contribution is 5.38. The van der Waals surface area contributed by atoms with E-state index in [-0.39, 0.29) is 16.9 Å². The number of benzene rings is 2. The Morgan fingerprint density at radius 1 is 0.895 bits per heavy atom. The molecule has 0 fully saturated rings. The second kappa shape index (κ2) is 4.59. The number of hydrogen-bond acceptors (Lipinski definition) is 2. The molecule has 0 saturated heterocycles. The van der Waals surface area contributed by atoms with Gasteiger partial charge in [-0.25, -0.2) is 13.2 Å². The maximum absolute atomic E-state index is 13.7. The fourth-order valence-corrected chi connectivity index (χ4v) is 1.84. The lowest BCUT2D eigenvalue weighted by molar-refractivity contribution is 0.0966. The molecule has 5 heteroatoms. The van der Waals surface area contributed by atoms with Gasteiger partial charge in [-0.15, -0.1) is 0 Å². The van der Waals surface area contributed by atoms with E-state index in [4.69, 9.17) is 5.11 Å². The van der Waals surface area contributed by atoms with Gasteiger partial charge in [0.2, 0.25) is 0 Å². The van der Waals surface area contributed by atoms with Gasteiger partial charge < -0.3 is 10.2 Å². The Labute approximate surface area is 107 Å². The highest BCUT2D eigenvalue weighted by Gasteiger charge is 2.31. The van der Waals surface area contributed by atoms with E-state index in [2.05, 4.69) is 0 Å². The highest BCUT2D eigenvalue weighted by atomic mass is 19.2. The average Bonchev–Trinajstić information content (AvgIpc) is 2.36. The molecule has 100 valence electrons. The van der Waals surface area contributed by atoms with Crippen LogP contribution < -0.4 is 0 Å². The number of aromatic hydroxyl groups is 1. The first-order valence-corrected chi connectivity index (χ1v) is 5.50. The maximum Gasteiger partial charge on any atom is 0.194 e. The normalized spacial score (nSPS) is 14.2. The largest absolute Gasteiger partial charge is 0.508 e. The van der Waals surface area contributed by atoms with Crippen LogP contribution in [0.2, 0.25) is 0 Å². The molecule has 1 unspecified atom stereocenters. The predicted molar refractivity (Wildman–Crippen MR) is 63.1 cm³/mol. The highest BCUT2D eigenvalue weighted by Crippen LogP contribution is 2.33. The van der Waals surface area contributed by atoms with Crippen molar-refractivity contribution in [2.45, 2.75) is 12.5 Å². The van der Waals surface area contributed by atoms with E-state index in [0.717, 1.165) is 12.1 Å². The molecule has 0 amide bonds. The zero-order valence-electron chi connectivity index (χ0n) is 9.99. The molecule has 2 N–H and O–H groups in total. The summed E-state index contributed by atoms with van der Waals surface area (Å²) < 4.78 is 39.8. The van der Waals surface area contributed by atoms with Gasteiger partial charge in [0.25, 0.3) is 0 Å². The molecule has 0 aliphatic rings. The Hall–Kier alpha value is -2.01. The van der Waals surface area contributed by atoms with E-state index >= 15 is 0 Å². The summed E-state index contributed by atoms with van der Waals surface area (Å²) in [6, 6.07) is 7.10. The summed E-state index contributed by atoms with van der Waals surface area (Å²) in [6.45, 7) is 1.26. The lowest BCUT2D eigenvalue weighted by Gasteiger charge is -2.25. The predicted octanol–water partition coefficient (Wildman–Crippen LogP) is 3.07. The van der Waals surface area contributed by atoms with Gasteiger partial charge in [0.15, 0.2) is 17.5 Å². The minimum atomic E-state index is -1.84. The summed E-state index contributed by atoms with van der Waals surface area (Å²) in [5, 5.41) is 19.5. The molecule has 0 aliphatic carbocycles. The summed E-state index contributed by atoms with van der Waals surface area (Å²) >= 11 is 0. The van der Waals surface area contributed by atoms with E-state index in [1.807, 2.05) is 0 Å². The molecule has 1 atom stereocenters. The number of halogens is 3. The number of hydrogen-bond donors (Lipinski definition) is 2. The average molecular weight is 268 g/mol. The Bertz CT molecular complexity index is 607. The summed E-state index contributed by atoms with van der Waals surface area (Å²) in [5.41, 5.74) is -1.97. The standard InChI is InChI=1S/C14H11F3O2/c1-14(19,8-2-4-9(18)5-3-8)10-6-7-11(15)13(17)12(10)16/h2-7,18-19H,1H3. The number of phenolic OH excluding ortho intramolecular Hbond substituents is 1. The summed E-state index contributed by atoms with van der Waals surface area (Å²) in [6.07, 6.45) is 0. The fourth-order valence-electron chi connectivity index (χ4n) is 1.84. The topological polar surface area (TPSA) is 40.5 Å². The van der Waals surface area contributed by atoms with E-state index < -0.39 is 23.1 Å². The molecule has 0 aliphatic heterocycles. The van der Waals surface area contributed by atoms with Crippen molar-refractivity contribution in [3.05, 3.63) is 65.0 Å². The molecule has 19 heavy (non-hydrogen) atoms. The van der Waals surface area contributed by atoms with Crippen LogP contribution in [0.4, 0.5) is 13.2 Å². The third-order valence-electron chi connectivity index (χ3n) is 2.99. The fraction of sp³-hybridized carbons (Fsp3) is 0.143. The Balaban J connectivity index is 2.56. The molecule has 2 aromatic carbocycles. The SMILES string of the molecule is CC(O)(c1ccc(O)cc1)c1ccc(F)c(F)c1F. The number of rotatable bonds is 2. The molecule has 2 nitrogen and oxygen atoms in total. The van der Waals surface area contributed by atoms with Gasteiger partial charge >= 0.3 is 0 Å². The van der Waals surface area contributed by atoms with Gasteiger partial charge in [0.1, 0.15) is 11.4 Å². The minimum Gasteiger partial charge on any atom is -0.508 e. The van der Waals surface area contributed by atoms with Gasteiger partial charge in [0.05, 0.1) is 0 Å². The summed E-state index contributed by atoms with van der Waals surface area (Å²) in [4.78, 5) is 0. The van der Waals surface area contributed by atoms with E-state index in [1.54, 1.807) is 0 Å². The molecule has 0 aromatic heterocycles. The van der Waals surface area contributed by atoms with Crippen molar-refractivity contribution in [1.82, 2.24) is 0 Å². The van der Waals surface area contributed by atoms with Crippen LogP contribution in [0.15, 0.2) is 36.4 Å². The van der Waals surface area contributed by atoms with Crippen LogP contribution in [0.5, 0.6) is 5.75 Å². The Kier molecular flexibility index (Phi) is 3.24. The molecular formula is C14H11F3O2. The van der Waals surface area contributed by atoms with Gasteiger partial charge in [-0.05, 0) is 36.8 Å². The third kappa shape index (κ3) is 2.29. The van der Waals surface area contributed by atoms with Gasteiger partial charge in [-0.1, -0.05) is 12.1 Å². The van der Waals surface area contributed by atoms with Crippen LogP contribution in [-0.2, 0) is 5.60 Å². The number of aliphatic hydroxyl groups is 1. The lowest BCUT2D eigenvalue weighted by Crippen LogP contribution is -2.25. The van der Waals surface area contributed by atoms with Crippen molar-refractivity contribution < 1.29 is 23.4 Å². The second-order valence-electron chi connectivity index (χ2n) is 4.34. The van der Waals surface area contributed by atoms with Gasteiger partial charge in [0, 0.05) is 5.56 Å². The zero-order valence-corrected chi connectivity index (χ0v) is 9.99. The first-order chi connectivity index (χ1) is 8.84. The van der Waals surface area contributed by atoms with Gasteiger partial charge in [-0.2, -0.15) is 0 Å². The van der Waals surface area contributed by atoms with Crippen LogP contribution in [0, 0.1) is 17.5 Å². The lowest BCUT2D eigenvalue weighted by atomic mass is 9.87. The molecule has 0 heterocycles. The molecule has 0 radical (unpaired) electrons. The van der Waals surface area contributed by atoms with Crippen molar-refractivity contribution in [3.8, 4) is 5.75 Å². The summed E-state index contributed by atoms with van der Waals surface area (Å²) in [5.74, 6) is -4.40.